The topological polar surface area (TPSA) is 78.3 Å². The molecule has 1 aliphatic rings. The van der Waals surface area contributed by atoms with Gasteiger partial charge in [-0.05, 0) is 6.42 Å². The van der Waals surface area contributed by atoms with Crippen LogP contribution in [-0.4, -0.2) is 25.2 Å². The molecule has 0 radical (unpaired) electrons. The highest BCUT2D eigenvalue weighted by atomic mass is 16.5. The molecule has 1 heterocycles. The first-order valence-corrected chi connectivity index (χ1v) is 3.35. The molecule has 1 amide bonds. The summed E-state index contributed by atoms with van der Waals surface area (Å²) in [6.07, 6.45) is 0.726. The number of carbonyl (C=O) groups excluding carboxylic acids is 1. The fourth-order valence-corrected chi connectivity index (χ4v) is 1.07. The van der Waals surface area contributed by atoms with Crippen LogP contribution in [0, 0.1) is 5.92 Å². The molecule has 0 aromatic heterocycles. The predicted octanol–water partition coefficient (Wildman–Crippen LogP) is -1.16. The van der Waals surface area contributed by atoms with Crippen molar-refractivity contribution < 1.29 is 9.53 Å². The highest BCUT2D eigenvalue weighted by molar-refractivity contribution is 5.77. The molecule has 0 spiro atoms. The van der Waals surface area contributed by atoms with E-state index in [2.05, 4.69) is 0 Å². The van der Waals surface area contributed by atoms with E-state index in [0.29, 0.717) is 19.6 Å². The second kappa shape index (κ2) is 2.98. The van der Waals surface area contributed by atoms with Gasteiger partial charge < -0.3 is 16.2 Å². The number of hydrogen-bond donors (Lipinski definition) is 2. The van der Waals surface area contributed by atoms with E-state index < -0.39 is 0 Å². The Morgan fingerprint density at radius 2 is 2.40 bits per heavy atom. The summed E-state index contributed by atoms with van der Waals surface area (Å²) in [4.78, 5) is 10.6. The summed E-state index contributed by atoms with van der Waals surface area (Å²) in [5.41, 5.74) is 10.4. The quantitative estimate of drug-likeness (QED) is 0.513. The molecule has 0 aliphatic carbocycles. The number of nitrogens with two attached hydrogens (primary N) is 2. The summed E-state index contributed by atoms with van der Waals surface area (Å²) in [7, 11) is 0. The Morgan fingerprint density at radius 3 is 2.70 bits per heavy atom. The molecule has 0 aromatic rings. The lowest BCUT2D eigenvalue weighted by Crippen LogP contribution is -2.24. The Morgan fingerprint density at radius 1 is 1.70 bits per heavy atom. The molecule has 4 N–H and O–H groups in total. The highest BCUT2D eigenvalue weighted by Gasteiger charge is 2.27. The lowest BCUT2D eigenvalue weighted by atomic mass is 10.1. The number of primary amides is 1. The van der Waals surface area contributed by atoms with Crippen molar-refractivity contribution >= 4 is 5.91 Å². The normalized spacial score (nSPS) is 32.5. The Kier molecular flexibility index (Phi) is 2.24. The van der Waals surface area contributed by atoms with Crippen LogP contribution >= 0.6 is 0 Å². The van der Waals surface area contributed by atoms with Crippen LogP contribution in [0.4, 0.5) is 0 Å². The van der Waals surface area contributed by atoms with Crippen molar-refractivity contribution in [1.29, 1.82) is 0 Å². The zero-order chi connectivity index (χ0) is 7.56. The summed E-state index contributed by atoms with van der Waals surface area (Å²) in [5.74, 6) is -0.399. The van der Waals surface area contributed by atoms with Crippen LogP contribution in [0.15, 0.2) is 0 Å². The van der Waals surface area contributed by atoms with Crippen LogP contribution in [0.25, 0.3) is 0 Å². The van der Waals surface area contributed by atoms with Crippen molar-refractivity contribution in [2.24, 2.45) is 17.4 Å². The van der Waals surface area contributed by atoms with Crippen LogP contribution in [0.2, 0.25) is 0 Å². The first kappa shape index (κ1) is 7.50. The van der Waals surface area contributed by atoms with Crippen LogP contribution < -0.4 is 11.5 Å². The van der Waals surface area contributed by atoms with Gasteiger partial charge in [-0.1, -0.05) is 0 Å². The lowest BCUT2D eigenvalue weighted by Gasteiger charge is -2.02. The molecule has 0 aromatic carbocycles. The minimum absolute atomic E-state index is 0.0394. The summed E-state index contributed by atoms with van der Waals surface area (Å²) in [5, 5.41) is 0. The molecule has 0 bridgehead atoms. The maximum atomic E-state index is 10.6. The minimum atomic E-state index is -0.282. The van der Waals surface area contributed by atoms with E-state index in [9.17, 15) is 4.79 Å². The molecule has 10 heavy (non-hydrogen) atoms. The maximum absolute atomic E-state index is 10.6. The summed E-state index contributed by atoms with van der Waals surface area (Å²) < 4.78 is 5.15. The van der Waals surface area contributed by atoms with E-state index in [1.807, 2.05) is 0 Å². The van der Waals surface area contributed by atoms with E-state index in [0.717, 1.165) is 0 Å². The molecule has 4 heteroatoms. The average Bonchev–Trinajstić information content (AvgIpc) is 2.34. The summed E-state index contributed by atoms with van der Waals surface area (Å²) >= 11 is 0. The molecule has 2 atom stereocenters. The third-order valence-electron chi connectivity index (χ3n) is 1.75. The van der Waals surface area contributed by atoms with Gasteiger partial charge in [-0.3, -0.25) is 4.79 Å². The van der Waals surface area contributed by atoms with Gasteiger partial charge in [0.25, 0.3) is 0 Å². The Bertz CT molecular complexity index is 138. The highest BCUT2D eigenvalue weighted by Crippen LogP contribution is 2.17. The molecule has 0 saturated carbocycles. The second-order valence-corrected chi connectivity index (χ2v) is 2.53. The van der Waals surface area contributed by atoms with Gasteiger partial charge in [0.05, 0.1) is 18.6 Å². The van der Waals surface area contributed by atoms with Gasteiger partial charge in [0, 0.05) is 6.54 Å². The standard InChI is InChI=1S/C6H12N2O2/c7-2-5-1-4(3-10-5)6(8)9/h4-5H,1-3,7H2,(H2,8,9)/t4-,5-/m1/s1. The fraction of sp³-hybridized carbons (Fsp3) is 0.833. The van der Waals surface area contributed by atoms with Crippen molar-refractivity contribution in [3.05, 3.63) is 0 Å². The second-order valence-electron chi connectivity index (χ2n) is 2.53. The van der Waals surface area contributed by atoms with E-state index in [1.54, 1.807) is 0 Å². The molecule has 4 nitrogen and oxygen atoms in total. The molecular weight excluding hydrogens is 132 g/mol. The van der Waals surface area contributed by atoms with Crippen molar-refractivity contribution in [1.82, 2.24) is 0 Å². The molecule has 1 rings (SSSR count). The van der Waals surface area contributed by atoms with Crippen molar-refractivity contribution in [2.45, 2.75) is 12.5 Å². The van der Waals surface area contributed by atoms with Crippen LogP contribution in [0.3, 0.4) is 0 Å². The van der Waals surface area contributed by atoms with Gasteiger partial charge in [0.2, 0.25) is 5.91 Å². The first-order valence-electron chi connectivity index (χ1n) is 3.35. The van der Waals surface area contributed by atoms with Gasteiger partial charge in [-0.15, -0.1) is 0 Å². The largest absolute Gasteiger partial charge is 0.376 e. The average molecular weight is 144 g/mol. The zero-order valence-electron chi connectivity index (χ0n) is 5.75. The Labute approximate surface area is 59.5 Å². The van der Waals surface area contributed by atoms with E-state index in [1.165, 1.54) is 0 Å². The third kappa shape index (κ3) is 1.46. The molecule has 1 aliphatic heterocycles. The van der Waals surface area contributed by atoms with Crippen molar-refractivity contribution in [3.8, 4) is 0 Å². The molecule has 1 fully saturated rings. The summed E-state index contributed by atoms with van der Waals surface area (Å²) in [6.45, 7) is 0.918. The number of ether oxygens (including phenoxy) is 1. The SMILES string of the molecule is NC[C@H]1C[C@@H](C(N)=O)CO1. The minimum Gasteiger partial charge on any atom is -0.376 e. The van der Waals surface area contributed by atoms with Crippen molar-refractivity contribution in [3.63, 3.8) is 0 Å². The van der Waals surface area contributed by atoms with Crippen LogP contribution in [0.1, 0.15) is 6.42 Å². The zero-order valence-corrected chi connectivity index (χ0v) is 5.75. The smallest absolute Gasteiger partial charge is 0.222 e. The first-order chi connectivity index (χ1) is 4.74. The lowest BCUT2D eigenvalue weighted by molar-refractivity contribution is -0.121. The third-order valence-corrected chi connectivity index (χ3v) is 1.75. The molecule has 0 unspecified atom stereocenters. The summed E-state index contributed by atoms with van der Waals surface area (Å²) in [6, 6.07) is 0. The molecule has 58 valence electrons. The van der Waals surface area contributed by atoms with Gasteiger partial charge in [0.1, 0.15) is 0 Å². The Hall–Kier alpha value is -0.610. The fourth-order valence-electron chi connectivity index (χ4n) is 1.07. The monoisotopic (exact) mass is 144 g/mol. The molecular formula is C6H12N2O2. The Balaban J connectivity index is 2.35. The van der Waals surface area contributed by atoms with Gasteiger partial charge in [0.15, 0.2) is 0 Å². The number of hydrogen-bond acceptors (Lipinski definition) is 3. The number of amides is 1. The van der Waals surface area contributed by atoms with E-state index in [-0.39, 0.29) is 17.9 Å². The van der Waals surface area contributed by atoms with Gasteiger partial charge in [-0.2, -0.15) is 0 Å². The molecule has 1 saturated heterocycles. The van der Waals surface area contributed by atoms with E-state index >= 15 is 0 Å². The van der Waals surface area contributed by atoms with E-state index in [4.69, 9.17) is 16.2 Å². The van der Waals surface area contributed by atoms with Gasteiger partial charge >= 0.3 is 0 Å². The predicted molar refractivity (Wildman–Crippen MR) is 36.1 cm³/mol. The van der Waals surface area contributed by atoms with Crippen molar-refractivity contribution in [2.75, 3.05) is 13.2 Å². The maximum Gasteiger partial charge on any atom is 0.222 e. The number of rotatable bonds is 2. The van der Waals surface area contributed by atoms with Crippen LogP contribution in [-0.2, 0) is 9.53 Å². The van der Waals surface area contributed by atoms with Crippen LogP contribution in [0.5, 0.6) is 0 Å². The number of carbonyl (C=O) groups is 1. The van der Waals surface area contributed by atoms with Gasteiger partial charge in [-0.25, -0.2) is 0 Å².